The van der Waals surface area contributed by atoms with Crippen molar-refractivity contribution < 1.29 is 0 Å². The van der Waals surface area contributed by atoms with Crippen molar-refractivity contribution in [2.75, 3.05) is 4.90 Å². The standard InChI is InChI=1S/C28H21N5/c1-18-8-5-11-20(16-18)33-23-13-7-15-30-26(23)24-27-21(17-31-28(24)33)25-22(12-6-14-29-25)32(27)19-9-3-2-4-10-19/h2-17,23,26H,1H3. The van der Waals surface area contributed by atoms with E-state index in [-0.39, 0.29) is 12.1 Å². The molecular weight excluding hydrogens is 406 g/mol. The van der Waals surface area contributed by atoms with Gasteiger partial charge < -0.3 is 9.47 Å². The van der Waals surface area contributed by atoms with E-state index in [1.807, 2.05) is 36.8 Å². The van der Waals surface area contributed by atoms with E-state index in [0.29, 0.717) is 0 Å². The predicted octanol–water partition coefficient (Wildman–Crippen LogP) is 6.08. The summed E-state index contributed by atoms with van der Waals surface area (Å²) >= 11 is 0. The van der Waals surface area contributed by atoms with E-state index in [1.54, 1.807) is 0 Å². The lowest BCUT2D eigenvalue weighted by atomic mass is 10.0. The Balaban J connectivity index is 1.61. The number of anilines is 2. The molecule has 5 nitrogen and oxygen atoms in total. The summed E-state index contributed by atoms with van der Waals surface area (Å²) in [6, 6.07) is 23.3. The van der Waals surface area contributed by atoms with E-state index >= 15 is 0 Å². The fraction of sp³-hybridized carbons (Fsp3) is 0.107. The SMILES string of the molecule is Cc1cccc(N2c3ncc4c5ncccc5n(-c5ccccc5)c4c3C3N=CC=CC32)c1. The first-order valence-electron chi connectivity index (χ1n) is 11.2. The Hall–Kier alpha value is -4.25. The molecule has 0 radical (unpaired) electrons. The van der Waals surface area contributed by atoms with Gasteiger partial charge in [-0.1, -0.05) is 36.4 Å². The summed E-state index contributed by atoms with van der Waals surface area (Å²) in [7, 11) is 0. The van der Waals surface area contributed by atoms with Gasteiger partial charge in [-0.05, 0) is 55.0 Å². The van der Waals surface area contributed by atoms with Crippen molar-refractivity contribution in [3.63, 3.8) is 0 Å². The highest BCUT2D eigenvalue weighted by Gasteiger charge is 2.42. The first kappa shape index (κ1) is 18.3. The van der Waals surface area contributed by atoms with E-state index in [9.17, 15) is 0 Å². The molecule has 0 N–H and O–H groups in total. The number of hydrogen-bond donors (Lipinski definition) is 0. The molecule has 0 aliphatic carbocycles. The number of fused-ring (bicyclic) bond motifs is 7. The minimum Gasteiger partial charge on any atom is -0.317 e. The Labute approximate surface area is 191 Å². The fourth-order valence-electron chi connectivity index (χ4n) is 5.32. The normalized spacial score (nSPS) is 18.8. The molecule has 2 atom stereocenters. The number of hydrogen-bond acceptors (Lipinski definition) is 4. The molecule has 5 heterocycles. The summed E-state index contributed by atoms with van der Waals surface area (Å²) in [5.41, 5.74) is 7.81. The van der Waals surface area contributed by atoms with Gasteiger partial charge in [0.1, 0.15) is 11.9 Å². The summed E-state index contributed by atoms with van der Waals surface area (Å²) in [4.78, 5) is 17.1. The van der Waals surface area contributed by atoms with Crippen LogP contribution in [0, 0.1) is 6.92 Å². The molecule has 0 fully saturated rings. The zero-order valence-corrected chi connectivity index (χ0v) is 18.1. The second-order valence-electron chi connectivity index (χ2n) is 8.63. The van der Waals surface area contributed by atoms with Gasteiger partial charge in [0.05, 0.1) is 22.6 Å². The smallest absolute Gasteiger partial charge is 0.141 e. The van der Waals surface area contributed by atoms with Crippen LogP contribution in [-0.2, 0) is 0 Å². The molecule has 0 bridgehead atoms. The molecule has 2 aromatic carbocycles. The van der Waals surface area contributed by atoms with Gasteiger partial charge in [-0.15, -0.1) is 0 Å². The molecule has 2 aliphatic rings. The number of dihydropyridines is 1. The van der Waals surface area contributed by atoms with Crippen molar-refractivity contribution in [3.05, 3.63) is 102 Å². The third kappa shape index (κ3) is 2.56. The number of benzene rings is 2. The first-order valence-corrected chi connectivity index (χ1v) is 11.2. The number of nitrogens with zero attached hydrogens (tertiary/aromatic N) is 5. The van der Waals surface area contributed by atoms with Gasteiger partial charge in [-0.2, -0.15) is 0 Å². The zero-order chi connectivity index (χ0) is 21.9. The van der Waals surface area contributed by atoms with Crippen LogP contribution in [0.4, 0.5) is 11.5 Å². The Morgan fingerprint density at radius 1 is 0.879 bits per heavy atom. The minimum atomic E-state index is -0.0338. The van der Waals surface area contributed by atoms with Crippen molar-refractivity contribution in [2.45, 2.75) is 19.0 Å². The number of para-hydroxylation sites is 1. The third-order valence-corrected chi connectivity index (χ3v) is 6.65. The molecule has 7 rings (SSSR count). The van der Waals surface area contributed by atoms with Crippen LogP contribution < -0.4 is 4.90 Å². The molecule has 0 saturated carbocycles. The summed E-state index contributed by atoms with van der Waals surface area (Å²) in [5, 5.41) is 1.06. The second kappa shape index (κ2) is 6.87. The number of aromatic nitrogens is 3. The molecule has 0 spiro atoms. The zero-order valence-electron chi connectivity index (χ0n) is 18.1. The summed E-state index contributed by atoms with van der Waals surface area (Å²) in [6.45, 7) is 2.13. The molecule has 2 unspecified atom stereocenters. The van der Waals surface area contributed by atoms with Crippen molar-refractivity contribution in [3.8, 4) is 5.69 Å². The van der Waals surface area contributed by atoms with Crippen molar-refractivity contribution in [1.82, 2.24) is 14.5 Å². The van der Waals surface area contributed by atoms with Crippen LogP contribution in [0.5, 0.6) is 0 Å². The van der Waals surface area contributed by atoms with E-state index in [1.165, 1.54) is 5.56 Å². The largest absolute Gasteiger partial charge is 0.317 e. The Morgan fingerprint density at radius 2 is 1.76 bits per heavy atom. The maximum absolute atomic E-state index is 5.02. The molecule has 2 aliphatic heterocycles. The molecule has 3 aromatic heterocycles. The molecule has 33 heavy (non-hydrogen) atoms. The Bertz CT molecular complexity index is 1600. The van der Waals surface area contributed by atoms with Gasteiger partial charge in [0.25, 0.3) is 0 Å². The molecule has 5 heteroatoms. The summed E-state index contributed by atoms with van der Waals surface area (Å²) in [6.07, 6.45) is 10.0. The third-order valence-electron chi connectivity index (χ3n) is 6.65. The first-order chi connectivity index (χ1) is 16.3. The minimum absolute atomic E-state index is 0.0338. The van der Waals surface area contributed by atoms with Gasteiger partial charge in [0.2, 0.25) is 0 Å². The van der Waals surface area contributed by atoms with E-state index in [0.717, 1.165) is 44.7 Å². The quantitative estimate of drug-likeness (QED) is 0.343. The summed E-state index contributed by atoms with van der Waals surface area (Å²) in [5.74, 6) is 0.965. The molecule has 0 amide bonds. The highest BCUT2D eigenvalue weighted by molar-refractivity contribution is 6.09. The topological polar surface area (TPSA) is 46.3 Å². The lowest BCUT2D eigenvalue weighted by Gasteiger charge is -2.27. The lowest BCUT2D eigenvalue weighted by Crippen LogP contribution is -2.29. The molecular formula is C28H21N5. The van der Waals surface area contributed by atoms with E-state index in [2.05, 4.69) is 77.1 Å². The Morgan fingerprint density at radius 3 is 2.64 bits per heavy atom. The number of rotatable bonds is 2. The maximum Gasteiger partial charge on any atom is 0.141 e. The van der Waals surface area contributed by atoms with E-state index < -0.39 is 0 Å². The highest BCUT2D eigenvalue weighted by Crippen LogP contribution is 2.50. The van der Waals surface area contributed by atoms with Crippen LogP contribution in [0.25, 0.3) is 27.6 Å². The molecule has 158 valence electrons. The number of aliphatic imine (C=N–C) groups is 1. The van der Waals surface area contributed by atoms with Gasteiger partial charge in [0.15, 0.2) is 0 Å². The fourth-order valence-corrected chi connectivity index (χ4v) is 5.32. The van der Waals surface area contributed by atoms with Crippen molar-refractivity contribution in [2.24, 2.45) is 4.99 Å². The predicted molar refractivity (Wildman–Crippen MR) is 134 cm³/mol. The average molecular weight is 428 g/mol. The Kier molecular flexibility index (Phi) is 3.82. The van der Waals surface area contributed by atoms with Gasteiger partial charge in [-0.3, -0.25) is 9.98 Å². The average Bonchev–Trinajstić information content (AvgIpc) is 3.37. The highest BCUT2D eigenvalue weighted by atomic mass is 15.3. The lowest BCUT2D eigenvalue weighted by molar-refractivity contribution is 0.668. The molecule has 5 aromatic rings. The molecule has 0 saturated heterocycles. The van der Waals surface area contributed by atoms with E-state index in [4.69, 9.17) is 15.0 Å². The van der Waals surface area contributed by atoms with Crippen LogP contribution in [0.3, 0.4) is 0 Å². The van der Waals surface area contributed by atoms with Crippen LogP contribution >= 0.6 is 0 Å². The van der Waals surface area contributed by atoms with Crippen LogP contribution in [-0.4, -0.2) is 26.8 Å². The second-order valence-corrected chi connectivity index (χ2v) is 8.63. The van der Waals surface area contributed by atoms with Crippen LogP contribution in [0.2, 0.25) is 0 Å². The van der Waals surface area contributed by atoms with Crippen LogP contribution in [0.1, 0.15) is 17.2 Å². The van der Waals surface area contributed by atoms with Gasteiger partial charge >= 0.3 is 0 Å². The number of allylic oxidation sites excluding steroid dienone is 1. The number of pyridine rings is 2. The number of aryl methyl sites for hydroxylation is 1. The maximum atomic E-state index is 5.02. The van der Waals surface area contributed by atoms with Crippen LogP contribution in [0.15, 0.2) is 96.3 Å². The summed E-state index contributed by atoms with van der Waals surface area (Å²) < 4.78 is 2.32. The van der Waals surface area contributed by atoms with Gasteiger partial charge in [0, 0.05) is 40.9 Å². The van der Waals surface area contributed by atoms with Gasteiger partial charge in [-0.25, -0.2) is 4.98 Å². The van der Waals surface area contributed by atoms with Crippen molar-refractivity contribution >= 4 is 39.7 Å². The monoisotopic (exact) mass is 427 g/mol. The van der Waals surface area contributed by atoms with Crippen molar-refractivity contribution in [1.29, 1.82) is 0 Å².